The molecule has 1 heterocycles. The van der Waals surface area contributed by atoms with E-state index in [1.807, 2.05) is 12.1 Å². The fraction of sp³-hybridized carbons (Fsp3) is 0.400. The lowest BCUT2D eigenvalue weighted by Crippen LogP contribution is -2.46. The summed E-state index contributed by atoms with van der Waals surface area (Å²) in [6.45, 7) is 4.93. The Hall–Kier alpha value is -1.68. The van der Waals surface area contributed by atoms with Crippen molar-refractivity contribution < 1.29 is 0 Å². The van der Waals surface area contributed by atoms with Crippen LogP contribution in [0.25, 0.3) is 0 Å². The number of piperazine rings is 1. The lowest BCUT2D eigenvalue weighted by molar-refractivity contribution is 0.264. The third-order valence-corrected chi connectivity index (χ3v) is 3.70. The molecule has 0 N–H and O–H groups in total. The van der Waals surface area contributed by atoms with E-state index in [4.69, 9.17) is 23.3 Å². The maximum Gasteiger partial charge on any atom is 0.101 e. The average molecular weight is 274 g/mol. The molecule has 0 bridgehead atoms. The van der Waals surface area contributed by atoms with E-state index in [0.29, 0.717) is 10.6 Å². The quantitative estimate of drug-likeness (QED) is 0.792. The van der Waals surface area contributed by atoms with Gasteiger partial charge >= 0.3 is 0 Å². The van der Waals surface area contributed by atoms with Crippen LogP contribution in [0.4, 0.5) is 5.69 Å². The number of rotatable bonds is 3. The van der Waals surface area contributed by atoms with Gasteiger partial charge < -0.3 is 4.90 Å². The van der Waals surface area contributed by atoms with Gasteiger partial charge in [-0.3, -0.25) is 4.90 Å². The first-order chi connectivity index (χ1) is 9.24. The number of anilines is 1. The Bertz CT molecular complexity index is 519. The van der Waals surface area contributed by atoms with Gasteiger partial charge in [0.2, 0.25) is 0 Å². The molecule has 1 aromatic carbocycles. The fourth-order valence-electron chi connectivity index (χ4n) is 2.24. The van der Waals surface area contributed by atoms with Crippen molar-refractivity contribution in [1.82, 2.24) is 4.90 Å². The van der Waals surface area contributed by atoms with Crippen LogP contribution in [0.5, 0.6) is 0 Å². The third-order valence-electron chi connectivity index (χ3n) is 3.38. The van der Waals surface area contributed by atoms with E-state index in [1.165, 1.54) is 0 Å². The van der Waals surface area contributed by atoms with Gasteiger partial charge in [0.25, 0.3) is 0 Å². The lowest BCUT2D eigenvalue weighted by Gasteiger charge is -2.36. The molecule has 0 atom stereocenters. The van der Waals surface area contributed by atoms with Crippen molar-refractivity contribution in [3.8, 4) is 18.4 Å². The molecule has 0 saturated carbocycles. The third kappa shape index (κ3) is 3.41. The van der Waals surface area contributed by atoms with Crippen LogP contribution in [0.1, 0.15) is 12.0 Å². The number of hydrogen-bond donors (Lipinski definition) is 0. The first kappa shape index (κ1) is 13.7. The van der Waals surface area contributed by atoms with E-state index >= 15 is 0 Å². The molecule has 4 heteroatoms. The molecule has 1 aromatic rings. The Balaban J connectivity index is 1.97. The SMILES string of the molecule is C#CCCN1CCN(c2ccc(C#N)c(Cl)c2)CC1. The van der Waals surface area contributed by atoms with Gasteiger partial charge in [-0.05, 0) is 18.2 Å². The smallest absolute Gasteiger partial charge is 0.101 e. The molecule has 0 aliphatic carbocycles. The van der Waals surface area contributed by atoms with Crippen molar-refractivity contribution in [3.05, 3.63) is 28.8 Å². The monoisotopic (exact) mass is 273 g/mol. The molecular weight excluding hydrogens is 258 g/mol. The lowest BCUT2D eigenvalue weighted by atomic mass is 10.2. The summed E-state index contributed by atoms with van der Waals surface area (Å²) in [7, 11) is 0. The highest BCUT2D eigenvalue weighted by atomic mass is 35.5. The molecule has 0 radical (unpaired) electrons. The van der Waals surface area contributed by atoms with Gasteiger partial charge in [0.1, 0.15) is 6.07 Å². The maximum absolute atomic E-state index is 8.87. The van der Waals surface area contributed by atoms with E-state index < -0.39 is 0 Å². The van der Waals surface area contributed by atoms with Crippen molar-refractivity contribution in [2.24, 2.45) is 0 Å². The number of nitriles is 1. The normalized spacial score (nSPS) is 15.8. The van der Waals surface area contributed by atoms with Crippen molar-refractivity contribution in [3.63, 3.8) is 0 Å². The van der Waals surface area contributed by atoms with E-state index in [9.17, 15) is 0 Å². The summed E-state index contributed by atoms with van der Waals surface area (Å²) in [4.78, 5) is 4.67. The molecule has 0 unspecified atom stereocenters. The molecule has 98 valence electrons. The van der Waals surface area contributed by atoms with E-state index in [1.54, 1.807) is 6.07 Å². The van der Waals surface area contributed by atoms with Gasteiger partial charge in [0, 0.05) is 44.8 Å². The van der Waals surface area contributed by atoms with E-state index in [-0.39, 0.29) is 0 Å². The molecular formula is C15H16ClN3. The minimum absolute atomic E-state index is 0.523. The van der Waals surface area contributed by atoms with Crippen LogP contribution in [-0.4, -0.2) is 37.6 Å². The van der Waals surface area contributed by atoms with Gasteiger partial charge in [-0.1, -0.05) is 11.6 Å². The number of halogens is 1. The largest absolute Gasteiger partial charge is 0.369 e. The highest BCUT2D eigenvalue weighted by Crippen LogP contribution is 2.24. The van der Waals surface area contributed by atoms with Crippen molar-refractivity contribution in [2.75, 3.05) is 37.6 Å². The van der Waals surface area contributed by atoms with Crippen molar-refractivity contribution in [2.45, 2.75) is 6.42 Å². The molecule has 0 aromatic heterocycles. The Labute approximate surface area is 119 Å². The predicted molar refractivity (Wildman–Crippen MR) is 78.3 cm³/mol. The Morgan fingerprint density at radius 3 is 2.58 bits per heavy atom. The molecule has 2 rings (SSSR count). The van der Waals surface area contributed by atoms with Crippen LogP contribution >= 0.6 is 11.6 Å². The molecule has 1 fully saturated rings. The van der Waals surface area contributed by atoms with Gasteiger partial charge in [-0.2, -0.15) is 5.26 Å². The summed E-state index contributed by atoms with van der Waals surface area (Å²) in [6.07, 6.45) is 6.09. The Morgan fingerprint density at radius 1 is 1.26 bits per heavy atom. The molecule has 0 amide bonds. The highest BCUT2D eigenvalue weighted by Gasteiger charge is 2.17. The highest BCUT2D eigenvalue weighted by molar-refractivity contribution is 6.32. The van der Waals surface area contributed by atoms with Gasteiger partial charge in [-0.15, -0.1) is 12.3 Å². The fourth-order valence-corrected chi connectivity index (χ4v) is 2.46. The number of benzene rings is 1. The second kappa shape index (κ2) is 6.48. The first-order valence-corrected chi connectivity index (χ1v) is 6.73. The minimum atomic E-state index is 0.523. The number of nitrogens with zero attached hydrogens (tertiary/aromatic N) is 3. The van der Waals surface area contributed by atoms with Crippen LogP contribution in [0.3, 0.4) is 0 Å². The minimum Gasteiger partial charge on any atom is -0.369 e. The molecule has 1 saturated heterocycles. The zero-order chi connectivity index (χ0) is 13.7. The van der Waals surface area contributed by atoms with E-state index in [2.05, 4.69) is 21.8 Å². The second-order valence-corrected chi connectivity index (χ2v) is 4.97. The zero-order valence-electron chi connectivity index (χ0n) is 10.8. The molecule has 1 aliphatic heterocycles. The van der Waals surface area contributed by atoms with Gasteiger partial charge in [0.15, 0.2) is 0 Å². The first-order valence-electron chi connectivity index (χ1n) is 6.35. The summed E-state index contributed by atoms with van der Waals surface area (Å²) in [5.41, 5.74) is 1.61. The molecule has 0 spiro atoms. The van der Waals surface area contributed by atoms with Crippen LogP contribution in [-0.2, 0) is 0 Å². The summed E-state index contributed by atoms with van der Waals surface area (Å²) < 4.78 is 0. The number of hydrogen-bond acceptors (Lipinski definition) is 3. The Kier molecular flexibility index (Phi) is 4.68. The van der Waals surface area contributed by atoms with Crippen LogP contribution in [0.15, 0.2) is 18.2 Å². The molecule has 1 aliphatic rings. The van der Waals surface area contributed by atoms with E-state index in [0.717, 1.165) is 44.8 Å². The standard InChI is InChI=1S/C15H16ClN3/c1-2-3-6-18-7-9-19(10-8-18)14-5-4-13(12-17)15(16)11-14/h1,4-5,11H,3,6-10H2. The van der Waals surface area contributed by atoms with Gasteiger partial charge in [-0.25, -0.2) is 0 Å². The van der Waals surface area contributed by atoms with Crippen LogP contribution in [0, 0.1) is 23.7 Å². The van der Waals surface area contributed by atoms with Crippen molar-refractivity contribution in [1.29, 1.82) is 5.26 Å². The van der Waals surface area contributed by atoms with Crippen LogP contribution in [0.2, 0.25) is 5.02 Å². The summed E-state index contributed by atoms with van der Waals surface area (Å²) in [5.74, 6) is 2.67. The summed E-state index contributed by atoms with van der Waals surface area (Å²) in [5, 5.41) is 9.39. The number of terminal acetylenes is 1. The molecule has 19 heavy (non-hydrogen) atoms. The summed E-state index contributed by atoms with van der Waals surface area (Å²) in [6, 6.07) is 7.69. The van der Waals surface area contributed by atoms with Crippen molar-refractivity contribution >= 4 is 17.3 Å². The molecule has 3 nitrogen and oxygen atoms in total. The topological polar surface area (TPSA) is 30.3 Å². The van der Waals surface area contributed by atoms with Gasteiger partial charge in [0.05, 0.1) is 10.6 Å². The second-order valence-electron chi connectivity index (χ2n) is 4.56. The summed E-state index contributed by atoms with van der Waals surface area (Å²) >= 11 is 6.06. The Morgan fingerprint density at radius 2 is 2.00 bits per heavy atom. The van der Waals surface area contributed by atoms with Crippen LogP contribution < -0.4 is 4.90 Å². The zero-order valence-corrected chi connectivity index (χ0v) is 11.5. The average Bonchev–Trinajstić information content (AvgIpc) is 2.45. The predicted octanol–water partition coefficient (Wildman–Crippen LogP) is 2.36. The maximum atomic E-state index is 8.87.